The summed E-state index contributed by atoms with van der Waals surface area (Å²) in [7, 11) is 0. The second-order valence-corrected chi connectivity index (χ2v) is 4.90. The standard InChI is InChI=1S/C18H15N3O/c1-13(20-21-18(22)15-9-11-19-12-10-15)16-8-4-6-14-5-2-3-7-17(14)16/h2-12H,1H3,(H,21,22). The number of hydrogen-bond donors (Lipinski definition) is 1. The van der Waals surface area contributed by atoms with Crippen LogP contribution in [0.3, 0.4) is 0 Å². The normalized spacial score (nSPS) is 11.4. The number of hydrazone groups is 1. The Balaban J connectivity index is 1.86. The summed E-state index contributed by atoms with van der Waals surface area (Å²) in [5, 5.41) is 6.48. The van der Waals surface area contributed by atoms with Crippen molar-refractivity contribution in [1.82, 2.24) is 10.4 Å². The third-order valence-corrected chi connectivity index (χ3v) is 3.45. The lowest BCUT2D eigenvalue weighted by atomic mass is 10.0. The molecular weight excluding hydrogens is 274 g/mol. The Bertz CT molecular complexity index is 836. The predicted molar refractivity (Wildman–Crippen MR) is 87.9 cm³/mol. The number of carbonyl (C=O) groups excluding carboxylic acids is 1. The molecule has 4 heteroatoms. The topological polar surface area (TPSA) is 54.4 Å². The van der Waals surface area contributed by atoms with Crippen LogP contribution in [0.2, 0.25) is 0 Å². The van der Waals surface area contributed by atoms with Gasteiger partial charge in [0.15, 0.2) is 0 Å². The first-order chi connectivity index (χ1) is 10.8. The van der Waals surface area contributed by atoms with Gasteiger partial charge in [0.2, 0.25) is 0 Å². The van der Waals surface area contributed by atoms with Gasteiger partial charge < -0.3 is 0 Å². The summed E-state index contributed by atoms with van der Waals surface area (Å²) in [6.07, 6.45) is 3.16. The van der Waals surface area contributed by atoms with E-state index in [-0.39, 0.29) is 5.91 Å². The van der Waals surface area contributed by atoms with E-state index < -0.39 is 0 Å². The fraction of sp³-hybridized carbons (Fsp3) is 0.0556. The molecule has 22 heavy (non-hydrogen) atoms. The quantitative estimate of drug-likeness (QED) is 0.593. The third-order valence-electron chi connectivity index (χ3n) is 3.45. The fourth-order valence-corrected chi connectivity index (χ4v) is 2.30. The molecule has 1 heterocycles. The largest absolute Gasteiger partial charge is 0.271 e. The molecular formula is C18H15N3O. The van der Waals surface area contributed by atoms with Crippen molar-refractivity contribution in [3.63, 3.8) is 0 Å². The van der Waals surface area contributed by atoms with Gasteiger partial charge in [0.05, 0.1) is 5.71 Å². The van der Waals surface area contributed by atoms with Crippen molar-refractivity contribution in [2.45, 2.75) is 6.92 Å². The summed E-state index contributed by atoms with van der Waals surface area (Å²) in [6.45, 7) is 1.88. The van der Waals surface area contributed by atoms with Crippen molar-refractivity contribution < 1.29 is 4.79 Å². The highest BCUT2D eigenvalue weighted by molar-refractivity contribution is 6.10. The summed E-state index contributed by atoms with van der Waals surface area (Å²) >= 11 is 0. The summed E-state index contributed by atoms with van der Waals surface area (Å²) in [6, 6.07) is 17.5. The van der Waals surface area contributed by atoms with Crippen LogP contribution < -0.4 is 5.43 Å². The van der Waals surface area contributed by atoms with Crippen LogP contribution in [0.15, 0.2) is 72.1 Å². The van der Waals surface area contributed by atoms with Gasteiger partial charge in [-0.15, -0.1) is 0 Å². The lowest BCUT2D eigenvalue weighted by molar-refractivity contribution is 0.0954. The molecule has 0 unspecified atom stereocenters. The number of fused-ring (bicyclic) bond motifs is 1. The molecule has 1 amide bonds. The first-order valence-corrected chi connectivity index (χ1v) is 6.98. The van der Waals surface area contributed by atoms with E-state index in [0.29, 0.717) is 5.56 Å². The minimum Gasteiger partial charge on any atom is -0.267 e. The molecule has 0 bridgehead atoms. The van der Waals surface area contributed by atoms with Crippen LogP contribution in [0.1, 0.15) is 22.8 Å². The van der Waals surface area contributed by atoms with Gasteiger partial charge in [-0.3, -0.25) is 9.78 Å². The zero-order valence-electron chi connectivity index (χ0n) is 12.2. The van der Waals surface area contributed by atoms with Gasteiger partial charge in [-0.1, -0.05) is 42.5 Å². The van der Waals surface area contributed by atoms with Gasteiger partial charge in [-0.25, -0.2) is 5.43 Å². The van der Waals surface area contributed by atoms with Crippen LogP contribution in [-0.2, 0) is 0 Å². The molecule has 3 aromatic rings. The summed E-state index contributed by atoms with van der Waals surface area (Å²) in [5.41, 5.74) is 4.89. The molecule has 0 saturated carbocycles. The molecule has 0 aliphatic rings. The SMILES string of the molecule is CC(=NNC(=O)c1ccncc1)c1cccc2ccccc12. The summed E-state index contributed by atoms with van der Waals surface area (Å²) in [5.74, 6) is -0.248. The first-order valence-electron chi connectivity index (χ1n) is 6.98. The van der Waals surface area contributed by atoms with Crippen molar-refractivity contribution in [2.24, 2.45) is 5.10 Å². The Morgan fingerprint density at radius 1 is 1.00 bits per heavy atom. The molecule has 0 fully saturated rings. The predicted octanol–water partition coefficient (Wildman–Crippen LogP) is 3.39. The molecule has 0 atom stereocenters. The van der Waals surface area contributed by atoms with E-state index in [1.54, 1.807) is 24.5 Å². The van der Waals surface area contributed by atoms with Crippen LogP contribution in [0.5, 0.6) is 0 Å². The number of carbonyl (C=O) groups is 1. The van der Waals surface area contributed by atoms with Gasteiger partial charge in [0.25, 0.3) is 5.91 Å². The van der Waals surface area contributed by atoms with E-state index in [1.807, 2.05) is 37.3 Å². The van der Waals surface area contributed by atoms with E-state index in [9.17, 15) is 4.79 Å². The van der Waals surface area contributed by atoms with Crippen LogP contribution >= 0.6 is 0 Å². The maximum Gasteiger partial charge on any atom is 0.271 e. The zero-order valence-corrected chi connectivity index (χ0v) is 12.2. The van der Waals surface area contributed by atoms with Gasteiger partial charge in [0, 0.05) is 23.5 Å². The molecule has 4 nitrogen and oxygen atoms in total. The van der Waals surface area contributed by atoms with Crippen molar-refractivity contribution in [1.29, 1.82) is 0 Å². The van der Waals surface area contributed by atoms with Crippen LogP contribution in [0, 0.1) is 0 Å². The maximum atomic E-state index is 12.0. The lowest BCUT2D eigenvalue weighted by Gasteiger charge is -2.06. The van der Waals surface area contributed by atoms with Crippen molar-refractivity contribution in [2.75, 3.05) is 0 Å². The molecule has 2 aromatic carbocycles. The van der Waals surface area contributed by atoms with Gasteiger partial charge in [0.1, 0.15) is 0 Å². The van der Waals surface area contributed by atoms with Gasteiger partial charge in [-0.05, 0) is 29.8 Å². The third kappa shape index (κ3) is 2.86. The highest BCUT2D eigenvalue weighted by Gasteiger charge is 2.06. The Labute approximate surface area is 128 Å². The molecule has 3 rings (SSSR count). The minimum absolute atomic E-state index is 0.248. The molecule has 0 aliphatic heterocycles. The molecule has 0 radical (unpaired) electrons. The smallest absolute Gasteiger partial charge is 0.267 e. The Morgan fingerprint density at radius 3 is 2.55 bits per heavy atom. The zero-order chi connectivity index (χ0) is 15.4. The van der Waals surface area contributed by atoms with Gasteiger partial charge in [-0.2, -0.15) is 5.10 Å². The molecule has 0 saturated heterocycles. The van der Waals surface area contributed by atoms with E-state index in [4.69, 9.17) is 0 Å². The van der Waals surface area contributed by atoms with E-state index in [2.05, 4.69) is 27.6 Å². The molecule has 1 N–H and O–H groups in total. The molecule has 1 aromatic heterocycles. The second kappa shape index (κ2) is 6.18. The fourth-order valence-electron chi connectivity index (χ4n) is 2.30. The number of nitrogens with zero attached hydrogens (tertiary/aromatic N) is 2. The number of nitrogens with one attached hydrogen (secondary N) is 1. The number of amides is 1. The van der Waals surface area contributed by atoms with Crippen LogP contribution in [-0.4, -0.2) is 16.6 Å². The summed E-state index contributed by atoms with van der Waals surface area (Å²) in [4.78, 5) is 15.9. The first kappa shape index (κ1) is 13.9. The molecule has 0 spiro atoms. The van der Waals surface area contributed by atoms with Crippen LogP contribution in [0.25, 0.3) is 10.8 Å². The number of pyridine rings is 1. The summed E-state index contributed by atoms with van der Waals surface area (Å²) < 4.78 is 0. The highest BCUT2D eigenvalue weighted by atomic mass is 16.2. The van der Waals surface area contributed by atoms with E-state index in [1.165, 1.54) is 0 Å². The van der Waals surface area contributed by atoms with Crippen molar-refractivity contribution in [3.05, 3.63) is 78.1 Å². The number of rotatable bonds is 3. The van der Waals surface area contributed by atoms with Crippen molar-refractivity contribution >= 4 is 22.4 Å². The minimum atomic E-state index is -0.248. The van der Waals surface area contributed by atoms with Crippen molar-refractivity contribution in [3.8, 4) is 0 Å². The average molecular weight is 289 g/mol. The average Bonchev–Trinajstić information content (AvgIpc) is 2.59. The monoisotopic (exact) mass is 289 g/mol. The van der Waals surface area contributed by atoms with E-state index >= 15 is 0 Å². The number of benzene rings is 2. The Morgan fingerprint density at radius 2 is 1.73 bits per heavy atom. The number of aromatic nitrogens is 1. The Kier molecular flexibility index (Phi) is 3.92. The van der Waals surface area contributed by atoms with E-state index in [0.717, 1.165) is 22.0 Å². The highest BCUT2D eigenvalue weighted by Crippen LogP contribution is 2.19. The van der Waals surface area contributed by atoms with Crippen LogP contribution in [0.4, 0.5) is 0 Å². The molecule has 0 aliphatic carbocycles. The number of hydrogen-bond acceptors (Lipinski definition) is 3. The second-order valence-electron chi connectivity index (χ2n) is 4.90. The maximum absolute atomic E-state index is 12.0. The molecule has 108 valence electrons. The Hall–Kier alpha value is -3.01. The lowest BCUT2D eigenvalue weighted by Crippen LogP contribution is -2.19. The van der Waals surface area contributed by atoms with Gasteiger partial charge >= 0.3 is 0 Å².